The second kappa shape index (κ2) is 9.37. The predicted octanol–water partition coefficient (Wildman–Crippen LogP) is 4.02. The number of anilines is 1. The van der Waals surface area contributed by atoms with Crippen molar-refractivity contribution in [2.75, 3.05) is 5.32 Å². The predicted molar refractivity (Wildman–Crippen MR) is 109 cm³/mol. The number of para-hydroxylation sites is 1. The Morgan fingerprint density at radius 2 is 1.46 bits per heavy atom. The van der Waals surface area contributed by atoms with Gasteiger partial charge in [0.25, 0.3) is 11.8 Å². The number of carbonyl (C=O) groups excluding carboxylic acids is 2. The molecule has 0 spiro atoms. The minimum atomic E-state index is -0.642. The summed E-state index contributed by atoms with van der Waals surface area (Å²) in [5, 5.41) is 5.67. The first-order chi connectivity index (χ1) is 13.6. The second-order valence-corrected chi connectivity index (χ2v) is 6.31. The van der Waals surface area contributed by atoms with Crippen molar-refractivity contribution in [3.8, 4) is 5.75 Å². The molecule has 3 rings (SSSR count). The van der Waals surface area contributed by atoms with Crippen molar-refractivity contribution in [1.29, 1.82) is 0 Å². The summed E-state index contributed by atoms with van der Waals surface area (Å²) < 4.78 is 5.61. The molecule has 142 valence electrons. The van der Waals surface area contributed by atoms with E-state index in [4.69, 9.17) is 4.74 Å². The van der Waals surface area contributed by atoms with Crippen molar-refractivity contribution in [3.05, 3.63) is 96.1 Å². The first-order valence-corrected chi connectivity index (χ1v) is 9.06. The van der Waals surface area contributed by atoms with Crippen LogP contribution in [-0.4, -0.2) is 17.9 Å². The highest BCUT2D eigenvalue weighted by atomic mass is 16.5. The topological polar surface area (TPSA) is 67.4 Å². The molecule has 1 unspecified atom stereocenters. The highest BCUT2D eigenvalue weighted by molar-refractivity contribution is 5.96. The van der Waals surface area contributed by atoms with Crippen LogP contribution in [-0.2, 0) is 11.3 Å². The first kappa shape index (κ1) is 19.2. The van der Waals surface area contributed by atoms with Gasteiger partial charge in [-0.2, -0.15) is 0 Å². The second-order valence-electron chi connectivity index (χ2n) is 6.31. The molecule has 0 saturated carbocycles. The van der Waals surface area contributed by atoms with Crippen LogP contribution in [0.3, 0.4) is 0 Å². The minimum absolute atomic E-state index is 0.164. The number of hydrogen-bond acceptors (Lipinski definition) is 3. The zero-order valence-electron chi connectivity index (χ0n) is 15.6. The molecule has 0 saturated heterocycles. The fraction of sp³-hybridized carbons (Fsp3) is 0.130. The Labute approximate surface area is 164 Å². The van der Waals surface area contributed by atoms with E-state index < -0.39 is 6.10 Å². The molecule has 0 fully saturated rings. The molecule has 3 aromatic carbocycles. The Kier molecular flexibility index (Phi) is 6.41. The molecule has 0 bridgehead atoms. The van der Waals surface area contributed by atoms with E-state index in [1.807, 2.05) is 48.5 Å². The minimum Gasteiger partial charge on any atom is -0.481 e. The summed E-state index contributed by atoms with van der Waals surface area (Å²) in [6, 6.07) is 25.6. The number of amides is 2. The van der Waals surface area contributed by atoms with E-state index in [9.17, 15) is 9.59 Å². The summed E-state index contributed by atoms with van der Waals surface area (Å²) in [6.45, 7) is 2.15. The van der Waals surface area contributed by atoms with Crippen LogP contribution in [0.1, 0.15) is 22.8 Å². The number of nitrogens with one attached hydrogen (secondary N) is 2. The molecule has 0 heterocycles. The fourth-order valence-electron chi connectivity index (χ4n) is 2.59. The zero-order valence-corrected chi connectivity index (χ0v) is 15.6. The standard InChI is InChI=1S/C23H22N2O3/c1-17(28-21-10-6-3-7-11-21)22(26)25-20-14-12-19(13-15-20)23(27)24-16-18-8-4-2-5-9-18/h2-15,17H,16H2,1H3,(H,24,27)(H,25,26). The van der Waals surface area contributed by atoms with Crippen molar-refractivity contribution in [1.82, 2.24) is 5.32 Å². The van der Waals surface area contributed by atoms with Crippen molar-refractivity contribution >= 4 is 17.5 Å². The van der Waals surface area contributed by atoms with Crippen molar-refractivity contribution in [2.45, 2.75) is 19.6 Å². The van der Waals surface area contributed by atoms with E-state index in [-0.39, 0.29) is 11.8 Å². The third-order valence-corrected chi connectivity index (χ3v) is 4.14. The summed E-state index contributed by atoms with van der Waals surface area (Å²) in [4.78, 5) is 24.5. The average Bonchev–Trinajstić information content (AvgIpc) is 2.74. The van der Waals surface area contributed by atoms with E-state index >= 15 is 0 Å². The Morgan fingerprint density at radius 1 is 0.857 bits per heavy atom. The molecule has 2 N–H and O–H groups in total. The maximum atomic E-state index is 12.3. The molecule has 5 nitrogen and oxygen atoms in total. The van der Waals surface area contributed by atoms with Crippen LogP contribution >= 0.6 is 0 Å². The molecular weight excluding hydrogens is 352 g/mol. The monoisotopic (exact) mass is 374 g/mol. The summed E-state index contributed by atoms with van der Waals surface area (Å²) in [6.07, 6.45) is -0.642. The van der Waals surface area contributed by atoms with Crippen molar-refractivity contribution < 1.29 is 14.3 Å². The van der Waals surface area contributed by atoms with Gasteiger partial charge in [0, 0.05) is 17.8 Å². The summed E-state index contributed by atoms with van der Waals surface area (Å²) in [5.74, 6) is 0.211. The maximum Gasteiger partial charge on any atom is 0.265 e. The molecule has 0 aromatic heterocycles. The van der Waals surface area contributed by atoms with Gasteiger partial charge in [0.1, 0.15) is 5.75 Å². The summed E-state index contributed by atoms with van der Waals surface area (Å²) in [7, 11) is 0. The quantitative estimate of drug-likeness (QED) is 0.656. The van der Waals surface area contributed by atoms with Gasteiger partial charge in [-0.1, -0.05) is 48.5 Å². The molecule has 1 atom stereocenters. The number of benzene rings is 3. The fourth-order valence-corrected chi connectivity index (χ4v) is 2.59. The molecule has 0 aliphatic rings. The van der Waals surface area contributed by atoms with Gasteiger partial charge in [-0.3, -0.25) is 9.59 Å². The van der Waals surface area contributed by atoms with E-state index in [0.717, 1.165) is 5.56 Å². The Bertz CT molecular complexity index is 910. The largest absolute Gasteiger partial charge is 0.481 e. The van der Waals surface area contributed by atoms with Gasteiger partial charge in [-0.25, -0.2) is 0 Å². The van der Waals surface area contributed by atoms with Gasteiger partial charge >= 0.3 is 0 Å². The van der Waals surface area contributed by atoms with Crippen LogP contribution in [0.2, 0.25) is 0 Å². The third-order valence-electron chi connectivity index (χ3n) is 4.14. The van der Waals surface area contributed by atoms with Gasteiger partial charge < -0.3 is 15.4 Å². The number of rotatable bonds is 7. The van der Waals surface area contributed by atoms with Gasteiger partial charge in [-0.15, -0.1) is 0 Å². The first-order valence-electron chi connectivity index (χ1n) is 9.06. The Morgan fingerprint density at radius 3 is 2.11 bits per heavy atom. The molecule has 28 heavy (non-hydrogen) atoms. The SMILES string of the molecule is CC(Oc1ccccc1)C(=O)Nc1ccc(C(=O)NCc2ccccc2)cc1. The molecule has 2 amide bonds. The summed E-state index contributed by atoms with van der Waals surface area (Å²) >= 11 is 0. The van der Waals surface area contributed by atoms with Crippen LogP contribution in [0.15, 0.2) is 84.9 Å². The van der Waals surface area contributed by atoms with Gasteiger partial charge in [0.05, 0.1) is 0 Å². The normalized spacial score (nSPS) is 11.3. The average molecular weight is 374 g/mol. The lowest BCUT2D eigenvalue weighted by molar-refractivity contribution is -0.122. The number of carbonyl (C=O) groups is 2. The van der Waals surface area contributed by atoms with Crippen LogP contribution in [0, 0.1) is 0 Å². The van der Waals surface area contributed by atoms with Crippen LogP contribution < -0.4 is 15.4 Å². The lowest BCUT2D eigenvalue weighted by Gasteiger charge is -2.15. The highest BCUT2D eigenvalue weighted by Gasteiger charge is 2.15. The van der Waals surface area contributed by atoms with Gasteiger partial charge in [0.15, 0.2) is 6.10 Å². The Balaban J connectivity index is 1.52. The van der Waals surface area contributed by atoms with Crippen molar-refractivity contribution in [3.63, 3.8) is 0 Å². The lowest BCUT2D eigenvalue weighted by Crippen LogP contribution is -2.30. The molecular formula is C23H22N2O3. The van der Waals surface area contributed by atoms with Crippen LogP contribution in [0.5, 0.6) is 5.75 Å². The molecule has 3 aromatic rings. The van der Waals surface area contributed by atoms with Crippen molar-refractivity contribution in [2.24, 2.45) is 0 Å². The van der Waals surface area contributed by atoms with Crippen LogP contribution in [0.4, 0.5) is 5.69 Å². The van der Waals surface area contributed by atoms with E-state index in [2.05, 4.69) is 10.6 Å². The van der Waals surface area contributed by atoms with E-state index in [1.165, 1.54) is 0 Å². The zero-order chi connectivity index (χ0) is 19.8. The Hall–Kier alpha value is -3.60. The highest BCUT2D eigenvalue weighted by Crippen LogP contribution is 2.14. The molecule has 0 radical (unpaired) electrons. The maximum absolute atomic E-state index is 12.3. The third kappa shape index (κ3) is 5.45. The van der Waals surface area contributed by atoms with Crippen LogP contribution in [0.25, 0.3) is 0 Å². The van der Waals surface area contributed by atoms with E-state index in [0.29, 0.717) is 23.5 Å². The van der Waals surface area contributed by atoms with Gasteiger partial charge in [-0.05, 0) is 48.9 Å². The molecule has 0 aliphatic carbocycles. The number of ether oxygens (including phenoxy) is 1. The molecule has 5 heteroatoms. The van der Waals surface area contributed by atoms with E-state index in [1.54, 1.807) is 43.3 Å². The lowest BCUT2D eigenvalue weighted by atomic mass is 10.1. The smallest absolute Gasteiger partial charge is 0.265 e. The summed E-state index contributed by atoms with van der Waals surface area (Å²) in [5.41, 5.74) is 2.17. The number of hydrogen-bond donors (Lipinski definition) is 2. The molecule has 0 aliphatic heterocycles. The van der Waals surface area contributed by atoms with Gasteiger partial charge in [0.2, 0.25) is 0 Å².